The second-order valence-electron chi connectivity index (χ2n) is 21.4. The van der Waals surface area contributed by atoms with Gasteiger partial charge in [-0.3, -0.25) is 47.9 Å². The SMILES string of the molecule is CC[C@H](C)[C@H](NC(=O)[C@H](CCCCN)NC(=O)[C@H](CO)NC(=O)[C@H](CCCCN)NC(=O)[C@H](C)NC(=O)[C@H](CC(=O)O)NC(=O)[C@H](CC(C)C)NC(=O)[C@H](CCCCN)NC(=O)[C@H](Cc1ccc(O)cc1)NC(=O)[C@@H](N)CCCCN)C(=O)O. The second-order valence-corrected chi connectivity index (χ2v) is 21.4. The molecule has 0 spiro atoms. The summed E-state index contributed by atoms with van der Waals surface area (Å²) in [5, 5.41) is 62.2. The van der Waals surface area contributed by atoms with Gasteiger partial charge in [-0.15, -0.1) is 0 Å². The number of benzene rings is 1. The summed E-state index contributed by atoms with van der Waals surface area (Å²) in [7, 11) is 0. The molecule has 0 unspecified atom stereocenters. The van der Waals surface area contributed by atoms with Crippen molar-refractivity contribution in [3.05, 3.63) is 29.8 Å². The topological polar surface area (TPSA) is 507 Å². The van der Waals surface area contributed by atoms with E-state index in [2.05, 4.69) is 47.9 Å². The van der Waals surface area contributed by atoms with Crippen LogP contribution in [0.1, 0.15) is 136 Å². The maximum absolute atomic E-state index is 14.2. The number of aliphatic carboxylic acids is 2. The van der Waals surface area contributed by atoms with Gasteiger partial charge in [-0.1, -0.05) is 52.7 Å². The molecule has 1 aromatic carbocycles. The standard InChI is InChI=1S/C55H96N14O15/c1-6-32(4)45(55(83)84)69-50(78)39(18-10-14-26-59)64-54(82)43(30-70)68-49(77)37(16-8-12-24-57)62-46(74)33(5)61-51(79)42(29-44(72)73)67-52(80)40(27-31(2)3)66-48(76)38(17-9-13-25-58)63-53(81)41(28-34-19-21-35(71)22-20-34)65-47(75)36(60)15-7-11-23-56/h19-22,31-33,36-43,45,70-71H,6-18,23-30,56-60H2,1-5H3,(H,61,79)(H,62,74)(H,63,81)(H,64,82)(H,65,75)(H,66,76)(H,67,80)(H,68,77)(H,69,78)(H,72,73)(H,83,84)/t32-,33-,36-,37-,38-,39-,40-,41-,42-,43-,45-/m0/s1. The van der Waals surface area contributed by atoms with Gasteiger partial charge in [0.05, 0.1) is 19.1 Å². The van der Waals surface area contributed by atoms with Crippen LogP contribution in [0.15, 0.2) is 24.3 Å². The number of unbranched alkanes of at least 4 members (excludes halogenated alkanes) is 4. The second kappa shape index (κ2) is 41.0. The van der Waals surface area contributed by atoms with Gasteiger partial charge in [-0.2, -0.15) is 0 Å². The summed E-state index contributed by atoms with van der Waals surface area (Å²) in [4.78, 5) is 148. The number of rotatable bonds is 44. The van der Waals surface area contributed by atoms with E-state index < -0.39 is 144 Å². The van der Waals surface area contributed by atoms with Gasteiger partial charge in [0.25, 0.3) is 0 Å². The molecule has 23 N–H and O–H groups in total. The Labute approximate surface area is 491 Å². The molecule has 1 rings (SSSR count). The predicted molar refractivity (Wildman–Crippen MR) is 310 cm³/mol. The zero-order chi connectivity index (χ0) is 63.5. The Kier molecular flexibility index (Phi) is 36.6. The van der Waals surface area contributed by atoms with Gasteiger partial charge in [-0.05, 0) is 140 Å². The number of carbonyl (C=O) groups is 11. The van der Waals surface area contributed by atoms with Gasteiger partial charge < -0.3 is 96.9 Å². The number of hydrogen-bond donors (Lipinski definition) is 18. The molecule has 0 aliphatic carbocycles. The Morgan fingerprint density at radius 3 is 1.29 bits per heavy atom. The number of carboxylic acid groups (broad SMARTS) is 2. The third-order valence-corrected chi connectivity index (χ3v) is 13.8. The highest BCUT2D eigenvalue weighted by Crippen LogP contribution is 2.15. The smallest absolute Gasteiger partial charge is 0.326 e. The summed E-state index contributed by atoms with van der Waals surface area (Å²) in [5.74, 6) is -11.8. The van der Waals surface area contributed by atoms with Crippen LogP contribution in [-0.2, 0) is 59.2 Å². The van der Waals surface area contributed by atoms with Crippen molar-refractivity contribution in [1.82, 2.24) is 47.9 Å². The van der Waals surface area contributed by atoms with Crippen molar-refractivity contribution < 1.29 is 73.2 Å². The van der Waals surface area contributed by atoms with Crippen LogP contribution in [0.3, 0.4) is 0 Å². The largest absolute Gasteiger partial charge is 0.508 e. The molecule has 29 nitrogen and oxygen atoms in total. The van der Waals surface area contributed by atoms with Crippen molar-refractivity contribution in [1.29, 1.82) is 0 Å². The number of phenols is 1. The van der Waals surface area contributed by atoms with Crippen LogP contribution in [0.5, 0.6) is 5.75 Å². The van der Waals surface area contributed by atoms with E-state index in [0.29, 0.717) is 63.5 Å². The lowest BCUT2D eigenvalue weighted by atomic mass is 9.98. The highest BCUT2D eigenvalue weighted by atomic mass is 16.4. The Balaban J connectivity index is 3.40. The lowest BCUT2D eigenvalue weighted by Crippen LogP contribution is -2.61. The Morgan fingerprint density at radius 2 is 0.845 bits per heavy atom. The van der Waals surface area contributed by atoms with Crippen molar-refractivity contribution in [2.24, 2.45) is 40.5 Å². The molecule has 476 valence electrons. The molecule has 9 amide bonds. The number of nitrogens with two attached hydrogens (primary N) is 5. The van der Waals surface area contributed by atoms with Crippen LogP contribution >= 0.6 is 0 Å². The molecule has 0 saturated carbocycles. The van der Waals surface area contributed by atoms with Gasteiger partial charge in [0.15, 0.2) is 0 Å². The predicted octanol–water partition coefficient (Wildman–Crippen LogP) is -3.20. The first-order valence-corrected chi connectivity index (χ1v) is 28.9. The molecule has 11 atom stereocenters. The minimum atomic E-state index is -1.85. The molecule has 0 aromatic heterocycles. The zero-order valence-corrected chi connectivity index (χ0v) is 49.3. The van der Waals surface area contributed by atoms with E-state index >= 15 is 0 Å². The number of phenolic OH excluding ortho intramolecular Hbond substituents is 1. The number of carboxylic acids is 2. The maximum Gasteiger partial charge on any atom is 0.326 e. The van der Waals surface area contributed by atoms with E-state index in [1.807, 2.05) is 0 Å². The van der Waals surface area contributed by atoms with Gasteiger partial charge in [-0.25, -0.2) is 4.79 Å². The zero-order valence-electron chi connectivity index (χ0n) is 49.3. The number of hydrogen-bond acceptors (Lipinski definition) is 18. The van der Waals surface area contributed by atoms with Crippen molar-refractivity contribution in [2.75, 3.05) is 32.8 Å². The van der Waals surface area contributed by atoms with Crippen LogP contribution in [0, 0.1) is 11.8 Å². The molecule has 0 radical (unpaired) electrons. The molecule has 29 heteroatoms. The summed E-state index contributed by atoms with van der Waals surface area (Å²) in [5.41, 5.74) is 29.3. The molecule has 84 heavy (non-hydrogen) atoms. The number of carbonyl (C=O) groups excluding carboxylic acids is 9. The van der Waals surface area contributed by atoms with Crippen LogP contribution in [0.25, 0.3) is 0 Å². The molecule has 0 aliphatic heterocycles. The third kappa shape index (κ3) is 29.0. The number of amides is 9. The average Bonchev–Trinajstić information content (AvgIpc) is 3.66. The Hall–Kier alpha value is -7.05. The molecule has 0 bridgehead atoms. The fraction of sp³-hybridized carbons (Fsp3) is 0.691. The van der Waals surface area contributed by atoms with Crippen LogP contribution < -0.4 is 76.5 Å². The summed E-state index contributed by atoms with van der Waals surface area (Å²) in [6.07, 6.45) is 2.94. The van der Waals surface area contributed by atoms with E-state index in [-0.39, 0.29) is 76.2 Å². The average molecular weight is 1190 g/mol. The summed E-state index contributed by atoms with van der Waals surface area (Å²) >= 11 is 0. The lowest BCUT2D eigenvalue weighted by Gasteiger charge is -2.28. The monoisotopic (exact) mass is 1190 g/mol. The quantitative estimate of drug-likeness (QED) is 0.0286. The van der Waals surface area contributed by atoms with E-state index in [0.717, 1.165) is 0 Å². The van der Waals surface area contributed by atoms with E-state index in [9.17, 15) is 73.2 Å². The number of aliphatic hydroxyl groups excluding tert-OH is 1. The van der Waals surface area contributed by atoms with E-state index in [1.54, 1.807) is 39.8 Å². The van der Waals surface area contributed by atoms with Crippen LogP contribution in [0.4, 0.5) is 0 Å². The van der Waals surface area contributed by atoms with Crippen LogP contribution in [-0.4, -0.2) is 179 Å². The summed E-state index contributed by atoms with van der Waals surface area (Å²) in [6, 6.07) is -8.14. The van der Waals surface area contributed by atoms with Crippen molar-refractivity contribution in [3.8, 4) is 5.75 Å². The fourth-order valence-corrected chi connectivity index (χ4v) is 8.54. The minimum Gasteiger partial charge on any atom is -0.508 e. The first-order valence-electron chi connectivity index (χ1n) is 28.9. The van der Waals surface area contributed by atoms with Gasteiger partial charge >= 0.3 is 11.9 Å². The number of nitrogens with one attached hydrogen (secondary N) is 9. The van der Waals surface area contributed by atoms with Crippen LogP contribution in [0.2, 0.25) is 0 Å². The lowest BCUT2D eigenvalue weighted by molar-refractivity contribution is -0.144. The molecule has 0 heterocycles. The molecule has 0 aliphatic rings. The van der Waals surface area contributed by atoms with E-state index in [4.69, 9.17) is 28.7 Å². The van der Waals surface area contributed by atoms with Gasteiger partial charge in [0, 0.05) is 6.42 Å². The fourth-order valence-electron chi connectivity index (χ4n) is 8.54. The molecule has 0 fully saturated rings. The summed E-state index contributed by atoms with van der Waals surface area (Å²) < 4.78 is 0. The normalized spacial score (nSPS) is 15.1. The summed E-state index contributed by atoms with van der Waals surface area (Å²) in [6.45, 7) is 8.15. The first kappa shape index (κ1) is 75.0. The Bertz CT molecular complexity index is 2260. The molecule has 0 saturated heterocycles. The number of aromatic hydroxyl groups is 1. The number of aliphatic hydroxyl groups is 1. The van der Waals surface area contributed by atoms with Gasteiger partial charge in [0.2, 0.25) is 53.2 Å². The highest BCUT2D eigenvalue weighted by molar-refractivity contribution is 5.99. The highest BCUT2D eigenvalue weighted by Gasteiger charge is 2.36. The first-order chi connectivity index (χ1) is 39.8. The minimum absolute atomic E-state index is 0.0211. The van der Waals surface area contributed by atoms with Crippen molar-refractivity contribution >= 4 is 65.1 Å². The van der Waals surface area contributed by atoms with Gasteiger partial charge in [0.1, 0.15) is 60.1 Å². The Morgan fingerprint density at radius 1 is 0.464 bits per heavy atom. The van der Waals surface area contributed by atoms with Crippen molar-refractivity contribution in [3.63, 3.8) is 0 Å². The van der Waals surface area contributed by atoms with Crippen molar-refractivity contribution in [2.45, 2.75) is 198 Å². The molecular weight excluding hydrogens is 1100 g/mol. The third-order valence-electron chi connectivity index (χ3n) is 13.8. The molecular formula is C55H96N14O15. The maximum atomic E-state index is 14.2. The molecule has 1 aromatic rings. The van der Waals surface area contributed by atoms with E-state index in [1.165, 1.54) is 19.1 Å².